The number of hydrogen-bond donors (Lipinski definition) is 0. The molecule has 0 saturated heterocycles. The van der Waals surface area contributed by atoms with Gasteiger partial charge in [-0.3, -0.25) is 9.97 Å². The van der Waals surface area contributed by atoms with Crippen molar-refractivity contribution in [2.75, 3.05) is 0 Å². The summed E-state index contributed by atoms with van der Waals surface area (Å²) in [6.45, 7) is 3.75. The summed E-state index contributed by atoms with van der Waals surface area (Å²) in [7, 11) is 0. The van der Waals surface area contributed by atoms with Gasteiger partial charge in [-0.1, -0.05) is 12.1 Å². The molecule has 15 heavy (non-hydrogen) atoms. The van der Waals surface area contributed by atoms with Crippen molar-refractivity contribution in [3.05, 3.63) is 61.2 Å². The lowest BCUT2D eigenvalue weighted by atomic mass is 10.0. The molecule has 0 fully saturated rings. The second-order valence-corrected chi connectivity index (χ2v) is 3.27. The van der Waals surface area contributed by atoms with E-state index in [1.165, 1.54) is 5.56 Å². The largest absolute Gasteiger partial charge is 0.264 e. The van der Waals surface area contributed by atoms with Crippen molar-refractivity contribution in [1.82, 2.24) is 9.97 Å². The van der Waals surface area contributed by atoms with Crippen LogP contribution in [0.15, 0.2) is 55.6 Å². The number of nitrogens with zero attached hydrogens (tertiary/aromatic N) is 2. The van der Waals surface area contributed by atoms with Crippen molar-refractivity contribution in [2.45, 2.75) is 6.42 Å². The number of aromatic nitrogens is 2. The fourth-order valence-corrected chi connectivity index (χ4v) is 1.54. The minimum atomic E-state index is 0.854. The molecular formula is C13H12N2. The summed E-state index contributed by atoms with van der Waals surface area (Å²) in [5, 5.41) is 0. The minimum Gasteiger partial charge on any atom is -0.264 e. The molecule has 2 heterocycles. The van der Waals surface area contributed by atoms with Gasteiger partial charge in [0.15, 0.2) is 0 Å². The third-order valence-corrected chi connectivity index (χ3v) is 2.25. The first-order valence-corrected chi connectivity index (χ1v) is 4.86. The lowest BCUT2D eigenvalue weighted by Gasteiger charge is -2.06. The smallest absolute Gasteiger partial charge is 0.0349 e. The third-order valence-electron chi connectivity index (χ3n) is 2.25. The molecule has 2 nitrogen and oxygen atoms in total. The monoisotopic (exact) mass is 196 g/mol. The molecule has 2 heteroatoms. The molecule has 0 aromatic carbocycles. The lowest BCUT2D eigenvalue weighted by Crippen LogP contribution is -1.89. The molecule has 0 saturated carbocycles. The second kappa shape index (κ2) is 4.51. The van der Waals surface area contributed by atoms with Crippen LogP contribution in [-0.2, 0) is 6.42 Å². The average Bonchev–Trinajstić information content (AvgIpc) is 2.31. The molecule has 0 amide bonds. The van der Waals surface area contributed by atoms with Crippen molar-refractivity contribution in [3.63, 3.8) is 0 Å². The number of pyridine rings is 2. The Morgan fingerprint density at radius 3 is 2.73 bits per heavy atom. The number of rotatable bonds is 3. The van der Waals surface area contributed by atoms with Crippen LogP contribution in [0.3, 0.4) is 0 Å². The number of hydrogen-bond acceptors (Lipinski definition) is 2. The molecule has 0 spiro atoms. The highest BCUT2D eigenvalue weighted by Crippen LogP contribution is 2.21. The highest BCUT2D eigenvalue weighted by Gasteiger charge is 2.02. The third kappa shape index (κ3) is 2.10. The molecule has 0 aliphatic heterocycles. The Morgan fingerprint density at radius 1 is 1.13 bits per heavy atom. The molecule has 0 bridgehead atoms. The van der Waals surface area contributed by atoms with Gasteiger partial charge in [0.25, 0.3) is 0 Å². The van der Waals surface area contributed by atoms with Crippen molar-refractivity contribution >= 4 is 0 Å². The first-order chi connectivity index (χ1) is 7.42. The van der Waals surface area contributed by atoms with E-state index in [1.807, 2.05) is 36.7 Å². The SMILES string of the molecule is C=CCc1ccncc1-c1cccnc1. The quantitative estimate of drug-likeness (QED) is 0.705. The highest BCUT2D eigenvalue weighted by atomic mass is 14.6. The van der Waals surface area contributed by atoms with E-state index < -0.39 is 0 Å². The molecule has 0 radical (unpaired) electrons. The Kier molecular flexibility index (Phi) is 2.88. The van der Waals surface area contributed by atoms with Crippen LogP contribution < -0.4 is 0 Å². The fraction of sp³-hybridized carbons (Fsp3) is 0.0769. The van der Waals surface area contributed by atoms with Crippen LogP contribution in [0.25, 0.3) is 11.1 Å². The van der Waals surface area contributed by atoms with Crippen LogP contribution in [0.2, 0.25) is 0 Å². The van der Waals surface area contributed by atoms with E-state index in [-0.39, 0.29) is 0 Å². The standard InChI is InChI=1S/C13H12N2/c1-2-4-11-6-8-15-10-13(11)12-5-3-7-14-9-12/h2-3,5-10H,1,4H2. The molecule has 74 valence electrons. The van der Waals surface area contributed by atoms with E-state index in [9.17, 15) is 0 Å². The van der Waals surface area contributed by atoms with Crippen molar-refractivity contribution < 1.29 is 0 Å². The maximum atomic E-state index is 4.14. The van der Waals surface area contributed by atoms with Crippen LogP contribution in [0, 0.1) is 0 Å². The van der Waals surface area contributed by atoms with Gasteiger partial charge in [-0.2, -0.15) is 0 Å². The summed E-state index contributed by atoms with van der Waals surface area (Å²) >= 11 is 0. The van der Waals surface area contributed by atoms with Crippen LogP contribution in [-0.4, -0.2) is 9.97 Å². The van der Waals surface area contributed by atoms with Crippen LogP contribution in [0.1, 0.15) is 5.56 Å². The molecule has 2 rings (SSSR count). The van der Waals surface area contributed by atoms with Gasteiger partial charge in [0.2, 0.25) is 0 Å². The Hall–Kier alpha value is -1.96. The zero-order valence-corrected chi connectivity index (χ0v) is 8.43. The summed E-state index contributed by atoms with van der Waals surface area (Å²) in [4.78, 5) is 8.25. The normalized spacial score (nSPS) is 9.87. The highest BCUT2D eigenvalue weighted by molar-refractivity contribution is 5.65. The zero-order chi connectivity index (χ0) is 10.5. The first kappa shape index (κ1) is 9.59. The Bertz CT molecular complexity index is 449. The van der Waals surface area contributed by atoms with Crippen molar-refractivity contribution in [1.29, 1.82) is 0 Å². The van der Waals surface area contributed by atoms with Gasteiger partial charge in [0.05, 0.1) is 0 Å². The van der Waals surface area contributed by atoms with Gasteiger partial charge >= 0.3 is 0 Å². The topological polar surface area (TPSA) is 25.8 Å². The first-order valence-electron chi connectivity index (χ1n) is 4.86. The fourth-order valence-electron chi connectivity index (χ4n) is 1.54. The predicted octanol–water partition coefficient (Wildman–Crippen LogP) is 2.87. The Balaban J connectivity index is 2.48. The van der Waals surface area contributed by atoms with Gasteiger partial charge in [-0.25, -0.2) is 0 Å². The number of allylic oxidation sites excluding steroid dienone is 1. The van der Waals surface area contributed by atoms with Crippen LogP contribution in [0.4, 0.5) is 0 Å². The summed E-state index contributed by atoms with van der Waals surface area (Å²) < 4.78 is 0. The molecule has 2 aromatic heterocycles. The maximum Gasteiger partial charge on any atom is 0.0349 e. The van der Waals surface area contributed by atoms with Crippen molar-refractivity contribution in [2.24, 2.45) is 0 Å². The summed E-state index contributed by atoms with van der Waals surface area (Å²) in [5.41, 5.74) is 3.46. The van der Waals surface area contributed by atoms with Gasteiger partial charge in [0, 0.05) is 35.9 Å². The van der Waals surface area contributed by atoms with E-state index in [4.69, 9.17) is 0 Å². The zero-order valence-electron chi connectivity index (χ0n) is 8.43. The molecular weight excluding hydrogens is 184 g/mol. The molecule has 0 N–H and O–H groups in total. The van der Waals surface area contributed by atoms with Crippen LogP contribution in [0.5, 0.6) is 0 Å². The maximum absolute atomic E-state index is 4.14. The van der Waals surface area contributed by atoms with Gasteiger partial charge in [0.1, 0.15) is 0 Å². The van der Waals surface area contributed by atoms with Crippen molar-refractivity contribution in [3.8, 4) is 11.1 Å². The molecule has 0 aliphatic rings. The van der Waals surface area contributed by atoms with E-state index in [1.54, 1.807) is 12.4 Å². The molecule has 0 atom stereocenters. The summed E-state index contributed by atoms with van der Waals surface area (Å²) in [6, 6.07) is 5.99. The summed E-state index contributed by atoms with van der Waals surface area (Å²) in [5.74, 6) is 0. The van der Waals surface area contributed by atoms with E-state index in [0.29, 0.717) is 0 Å². The van der Waals surface area contributed by atoms with Gasteiger partial charge in [-0.05, 0) is 24.1 Å². The van der Waals surface area contributed by atoms with Gasteiger partial charge < -0.3 is 0 Å². The predicted molar refractivity (Wildman–Crippen MR) is 61.4 cm³/mol. The van der Waals surface area contributed by atoms with E-state index in [2.05, 4.69) is 16.5 Å². The van der Waals surface area contributed by atoms with Crippen LogP contribution >= 0.6 is 0 Å². The van der Waals surface area contributed by atoms with E-state index in [0.717, 1.165) is 17.5 Å². The Labute approximate surface area is 89.3 Å². The molecule has 0 aliphatic carbocycles. The second-order valence-electron chi connectivity index (χ2n) is 3.27. The summed E-state index contributed by atoms with van der Waals surface area (Å²) in [6.07, 6.45) is 10.0. The lowest BCUT2D eigenvalue weighted by molar-refractivity contribution is 1.21. The van der Waals surface area contributed by atoms with Gasteiger partial charge in [-0.15, -0.1) is 6.58 Å². The Morgan fingerprint density at radius 2 is 2.00 bits per heavy atom. The molecule has 2 aromatic rings. The molecule has 0 unspecified atom stereocenters. The minimum absolute atomic E-state index is 0.854. The van der Waals surface area contributed by atoms with E-state index >= 15 is 0 Å². The average molecular weight is 196 g/mol.